The predicted molar refractivity (Wildman–Crippen MR) is 65.1 cm³/mol. The van der Waals surface area contributed by atoms with Gasteiger partial charge in [0.2, 0.25) is 0 Å². The van der Waals surface area contributed by atoms with E-state index in [1.54, 1.807) is 24.3 Å². The summed E-state index contributed by atoms with van der Waals surface area (Å²) >= 11 is 5.49. The highest BCUT2D eigenvalue weighted by atomic mass is 35.5. The van der Waals surface area contributed by atoms with Crippen molar-refractivity contribution in [1.29, 1.82) is 0 Å². The maximum absolute atomic E-state index is 12.7. The molecule has 0 bridgehead atoms. The number of hydrogen-bond acceptors (Lipinski definition) is 1. The Morgan fingerprint density at radius 3 is 2.22 bits per heavy atom. The second kappa shape index (κ2) is 4.69. The lowest BCUT2D eigenvalue weighted by molar-refractivity contribution is -0.131. The fourth-order valence-corrected chi connectivity index (χ4v) is 2.06. The van der Waals surface area contributed by atoms with E-state index in [-0.39, 0.29) is 5.56 Å². The van der Waals surface area contributed by atoms with Crippen molar-refractivity contribution in [2.75, 3.05) is 7.11 Å². The van der Waals surface area contributed by atoms with E-state index in [4.69, 9.17) is 16.3 Å². The third-order valence-electron chi connectivity index (χ3n) is 2.70. The van der Waals surface area contributed by atoms with Gasteiger partial charge in [-0.25, -0.2) is 0 Å². The second-order valence-electron chi connectivity index (χ2n) is 3.81. The second-order valence-corrected chi connectivity index (χ2v) is 4.24. The average Bonchev–Trinajstić information content (AvgIpc) is 2.35. The van der Waals surface area contributed by atoms with Crippen LogP contribution < -0.4 is 4.74 Å². The van der Waals surface area contributed by atoms with Crippen LogP contribution in [0.15, 0.2) is 36.4 Å². The van der Waals surface area contributed by atoms with Gasteiger partial charge in [0, 0.05) is 5.39 Å². The van der Waals surface area contributed by atoms with E-state index in [1.165, 1.54) is 19.2 Å². The van der Waals surface area contributed by atoms with Crippen LogP contribution in [0.5, 0.6) is 5.75 Å². The molecule has 2 rings (SSSR count). The number of ether oxygens (including phenoxy) is 1. The lowest BCUT2D eigenvalue weighted by Gasteiger charge is -2.17. The van der Waals surface area contributed by atoms with Gasteiger partial charge in [0.1, 0.15) is 5.75 Å². The standard InChI is InChI=1S/C13H10ClF3O/c1-18-11-7-6-10(12(14)13(15,16)17)8-4-2-3-5-9(8)11/h2-7,12H,1H3. The fourth-order valence-electron chi connectivity index (χ4n) is 1.87. The maximum atomic E-state index is 12.7. The van der Waals surface area contributed by atoms with Crippen LogP contribution in [0.25, 0.3) is 10.8 Å². The van der Waals surface area contributed by atoms with Crippen LogP contribution in [-0.4, -0.2) is 13.3 Å². The highest BCUT2D eigenvalue weighted by Crippen LogP contribution is 2.42. The van der Waals surface area contributed by atoms with Crippen molar-refractivity contribution < 1.29 is 17.9 Å². The number of fused-ring (bicyclic) bond motifs is 1. The molecule has 0 radical (unpaired) electrons. The Morgan fingerprint density at radius 1 is 1.06 bits per heavy atom. The molecule has 0 aromatic heterocycles. The van der Waals surface area contributed by atoms with Crippen LogP contribution in [0.3, 0.4) is 0 Å². The van der Waals surface area contributed by atoms with Gasteiger partial charge >= 0.3 is 6.18 Å². The van der Waals surface area contributed by atoms with Gasteiger partial charge < -0.3 is 4.74 Å². The highest BCUT2D eigenvalue weighted by molar-refractivity contribution is 6.22. The Labute approximate surface area is 107 Å². The van der Waals surface area contributed by atoms with Crippen molar-refractivity contribution in [3.63, 3.8) is 0 Å². The van der Waals surface area contributed by atoms with E-state index in [1.807, 2.05) is 0 Å². The molecule has 2 aromatic rings. The fraction of sp³-hybridized carbons (Fsp3) is 0.231. The van der Waals surface area contributed by atoms with Gasteiger partial charge in [0.15, 0.2) is 5.38 Å². The molecule has 0 fully saturated rings. The summed E-state index contributed by atoms with van der Waals surface area (Å²) in [5, 5.41) is -0.949. The Balaban J connectivity index is 2.67. The molecule has 0 aliphatic carbocycles. The minimum atomic E-state index is -4.47. The van der Waals surface area contributed by atoms with Gasteiger partial charge in [-0.15, -0.1) is 11.6 Å². The molecule has 1 nitrogen and oxygen atoms in total. The summed E-state index contributed by atoms with van der Waals surface area (Å²) in [6.07, 6.45) is -4.47. The first-order valence-corrected chi connectivity index (χ1v) is 5.65. The first kappa shape index (κ1) is 13.0. The van der Waals surface area contributed by atoms with Crippen molar-refractivity contribution in [3.05, 3.63) is 42.0 Å². The third kappa shape index (κ3) is 2.25. The maximum Gasteiger partial charge on any atom is 0.408 e. The van der Waals surface area contributed by atoms with E-state index in [0.717, 1.165) is 0 Å². The molecular formula is C13H10ClF3O. The largest absolute Gasteiger partial charge is 0.496 e. The molecule has 18 heavy (non-hydrogen) atoms. The molecule has 0 amide bonds. The van der Waals surface area contributed by atoms with E-state index in [2.05, 4.69) is 0 Å². The summed E-state index contributed by atoms with van der Waals surface area (Å²) in [7, 11) is 1.48. The summed E-state index contributed by atoms with van der Waals surface area (Å²) in [6.45, 7) is 0. The van der Waals surface area contributed by atoms with Crippen LogP contribution in [0.4, 0.5) is 13.2 Å². The van der Waals surface area contributed by atoms with Gasteiger partial charge in [0.25, 0.3) is 0 Å². The topological polar surface area (TPSA) is 9.23 Å². The van der Waals surface area contributed by atoms with Gasteiger partial charge in [-0.3, -0.25) is 0 Å². The Bertz CT molecular complexity index is 566. The molecule has 0 saturated heterocycles. The smallest absolute Gasteiger partial charge is 0.408 e. The van der Waals surface area contributed by atoms with Gasteiger partial charge in [-0.05, 0) is 17.0 Å². The highest BCUT2D eigenvalue weighted by Gasteiger charge is 2.40. The van der Waals surface area contributed by atoms with Crippen molar-refractivity contribution in [2.45, 2.75) is 11.6 Å². The van der Waals surface area contributed by atoms with Crippen molar-refractivity contribution in [1.82, 2.24) is 0 Å². The van der Waals surface area contributed by atoms with Gasteiger partial charge in [-0.1, -0.05) is 30.3 Å². The average molecular weight is 275 g/mol. The molecule has 2 aromatic carbocycles. The molecule has 0 saturated carbocycles. The summed E-state index contributed by atoms with van der Waals surface area (Å²) < 4.78 is 43.2. The lowest BCUT2D eigenvalue weighted by atomic mass is 10.0. The van der Waals surface area contributed by atoms with Gasteiger partial charge in [0.05, 0.1) is 7.11 Å². The molecule has 1 atom stereocenters. The molecule has 1 unspecified atom stereocenters. The number of alkyl halides is 4. The third-order valence-corrected chi connectivity index (χ3v) is 3.18. The molecule has 0 spiro atoms. The first-order valence-electron chi connectivity index (χ1n) is 5.21. The number of hydrogen-bond donors (Lipinski definition) is 0. The molecule has 5 heteroatoms. The van der Waals surface area contributed by atoms with Crippen molar-refractivity contribution in [3.8, 4) is 5.75 Å². The van der Waals surface area contributed by atoms with E-state index < -0.39 is 11.6 Å². The normalized spacial score (nSPS) is 13.6. The van der Waals surface area contributed by atoms with E-state index in [9.17, 15) is 13.2 Å². The predicted octanol–water partition coefficient (Wildman–Crippen LogP) is 4.69. The van der Waals surface area contributed by atoms with Crippen LogP contribution >= 0.6 is 11.6 Å². The number of rotatable bonds is 2. The zero-order chi connectivity index (χ0) is 13.3. The van der Waals surface area contributed by atoms with Crippen LogP contribution in [0.1, 0.15) is 10.9 Å². The summed E-state index contributed by atoms with van der Waals surface area (Å²) in [5.74, 6) is 0.528. The van der Waals surface area contributed by atoms with Crippen LogP contribution in [0.2, 0.25) is 0 Å². The van der Waals surface area contributed by atoms with Crippen LogP contribution in [-0.2, 0) is 0 Å². The molecule has 0 aliphatic heterocycles. The number of benzene rings is 2. The van der Waals surface area contributed by atoms with E-state index >= 15 is 0 Å². The quantitative estimate of drug-likeness (QED) is 0.722. The minimum absolute atomic E-state index is 0.0422. The number of halogens is 4. The molecule has 0 aliphatic rings. The SMILES string of the molecule is COc1ccc(C(Cl)C(F)(F)F)c2ccccc12. The number of methoxy groups -OCH3 is 1. The zero-order valence-corrected chi connectivity index (χ0v) is 10.2. The van der Waals surface area contributed by atoms with E-state index in [0.29, 0.717) is 16.5 Å². The Kier molecular flexibility index (Phi) is 3.39. The summed E-state index contributed by atoms with van der Waals surface area (Å²) in [5.41, 5.74) is 0.0422. The Morgan fingerprint density at radius 2 is 1.67 bits per heavy atom. The summed E-state index contributed by atoms with van der Waals surface area (Å²) in [6, 6.07) is 9.58. The van der Waals surface area contributed by atoms with Gasteiger partial charge in [-0.2, -0.15) is 13.2 Å². The molecule has 0 N–H and O–H groups in total. The molecule has 0 heterocycles. The van der Waals surface area contributed by atoms with Crippen LogP contribution in [0, 0.1) is 0 Å². The summed E-state index contributed by atoms with van der Waals surface area (Å²) in [4.78, 5) is 0. The molecule has 96 valence electrons. The molecular weight excluding hydrogens is 265 g/mol. The van der Waals surface area contributed by atoms with Crippen molar-refractivity contribution >= 4 is 22.4 Å². The lowest BCUT2D eigenvalue weighted by Crippen LogP contribution is -2.15. The monoisotopic (exact) mass is 274 g/mol. The zero-order valence-electron chi connectivity index (χ0n) is 9.46. The minimum Gasteiger partial charge on any atom is -0.496 e. The Hall–Kier alpha value is -1.42. The first-order chi connectivity index (χ1) is 8.45. The van der Waals surface area contributed by atoms with Crippen molar-refractivity contribution in [2.24, 2.45) is 0 Å².